The molecular formula is C23H25FN8O. The second-order valence-corrected chi connectivity index (χ2v) is 7.75. The fourth-order valence-corrected chi connectivity index (χ4v) is 3.87. The van der Waals surface area contributed by atoms with E-state index in [0.717, 1.165) is 11.1 Å². The van der Waals surface area contributed by atoms with Crippen molar-refractivity contribution in [2.45, 2.75) is 18.9 Å². The summed E-state index contributed by atoms with van der Waals surface area (Å²) in [5, 5.41) is 5.11. The van der Waals surface area contributed by atoms with E-state index in [0.29, 0.717) is 37.1 Å². The van der Waals surface area contributed by atoms with Gasteiger partial charge in [-0.1, -0.05) is 12.2 Å². The number of rotatable bonds is 4. The maximum atomic E-state index is 13.7. The highest BCUT2D eigenvalue weighted by Crippen LogP contribution is 2.26. The Morgan fingerprint density at radius 1 is 1.33 bits per heavy atom. The van der Waals surface area contributed by atoms with Crippen molar-refractivity contribution in [1.82, 2.24) is 19.9 Å². The van der Waals surface area contributed by atoms with Crippen molar-refractivity contribution < 1.29 is 9.18 Å². The summed E-state index contributed by atoms with van der Waals surface area (Å²) in [6, 6.07) is 4.85. The highest BCUT2D eigenvalue weighted by Gasteiger charge is 2.24. The van der Waals surface area contributed by atoms with Crippen molar-refractivity contribution in [3.63, 3.8) is 0 Å². The van der Waals surface area contributed by atoms with Gasteiger partial charge in [0.15, 0.2) is 5.84 Å². The monoisotopic (exact) mass is 448 g/mol. The van der Waals surface area contributed by atoms with Gasteiger partial charge >= 0.3 is 0 Å². The molecule has 0 spiro atoms. The van der Waals surface area contributed by atoms with E-state index in [2.05, 4.69) is 15.1 Å². The van der Waals surface area contributed by atoms with E-state index in [9.17, 15) is 9.18 Å². The third-order valence-electron chi connectivity index (χ3n) is 5.67. The average molecular weight is 449 g/mol. The number of anilines is 1. The van der Waals surface area contributed by atoms with Gasteiger partial charge in [0.05, 0.1) is 17.2 Å². The first-order chi connectivity index (χ1) is 16.0. The van der Waals surface area contributed by atoms with Gasteiger partial charge in [0.1, 0.15) is 11.6 Å². The van der Waals surface area contributed by atoms with Crippen molar-refractivity contribution >= 4 is 23.1 Å². The number of nitrogens with two attached hydrogens (primary N) is 3. The Morgan fingerprint density at radius 3 is 2.85 bits per heavy atom. The maximum Gasteiger partial charge on any atom is 0.255 e. The molecular weight excluding hydrogens is 423 g/mol. The van der Waals surface area contributed by atoms with E-state index >= 15 is 0 Å². The molecule has 0 aromatic carbocycles. The van der Waals surface area contributed by atoms with Crippen molar-refractivity contribution in [1.29, 1.82) is 0 Å². The number of hydrazone groups is 1. The highest BCUT2D eigenvalue weighted by molar-refractivity contribution is 6.03. The van der Waals surface area contributed by atoms with E-state index in [1.54, 1.807) is 41.7 Å². The molecule has 33 heavy (non-hydrogen) atoms. The van der Waals surface area contributed by atoms with Gasteiger partial charge in [-0.05, 0) is 54.3 Å². The molecule has 0 saturated carbocycles. The molecule has 1 amide bonds. The van der Waals surface area contributed by atoms with E-state index < -0.39 is 6.04 Å². The summed E-state index contributed by atoms with van der Waals surface area (Å²) in [5.74, 6) is 11.8. The zero-order valence-corrected chi connectivity index (χ0v) is 17.9. The van der Waals surface area contributed by atoms with Crippen LogP contribution in [-0.4, -0.2) is 50.8 Å². The van der Waals surface area contributed by atoms with Crippen LogP contribution >= 0.6 is 0 Å². The number of amides is 1. The number of nitrogens with zero attached hydrogens (tertiary/aromatic N) is 5. The van der Waals surface area contributed by atoms with E-state index in [-0.39, 0.29) is 23.4 Å². The Balaban J connectivity index is 1.54. The van der Waals surface area contributed by atoms with Crippen molar-refractivity contribution in [2.75, 3.05) is 18.8 Å². The van der Waals surface area contributed by atoms with Crippen LogP contribution in [0.1, 0.15) is 34.3 Å². The summed E-state index contributed by atoms with van der Waals surface area (Å²) in [5.41, 5.74) is 8.96. The van der Waals surface area contributed by atoms with Gasteiger partial charge < -0.3 is 16.5 Å². The van der Waals surface area contributed by atoms with Crippen LogP contribution in [0, 0.1) is 0 Å². The van der Waals surface area contributed by atoms with Crippen LogP contribution in [0.5, 0.6) is 0 Å². The second-order valence-electron chi connectivity index (χ2n) is 7.75. The number of hydrogen-bond donors (Lipinski definition) is 3. The lowest BCUT2D eigenvalue weighted by Crippen LogP contribution is -2.46. The van der Waals surface area contributed by atoms with E-state index in [4.69, 9.17) is 17.4 Å². The minimum Gasteiger partial charge on any atom is -0.383 e. The molecule has 0 bridgehead atoms. The fourth-order valence-electron chi connectivity index (χ4n) is 3.87. The molecule has 0 radical (unpaired) electrons. The zero-order valence-electron chi connectivity index (χ0n) is 17.9. The molecule has 1 aliphatic heterocycles. The molecule has 2 aromatic heterocycles. The second kappa shape index (κ2) is 9.61. The van der Waals surface area contributed by atoms with Gasteiger partial charge in [-0.2, -0.15) is 5.10 Å². The van der Waals surface area contributed by atoms with E-state index in [1.807, 2.05) is 12.1 Å². The topological polar surface area (TPSA) is 140 Å². The Labute approximate surface area is 190 Å². The molecule has 1 atom stereocenters. The maximum absolute atomic E-state index is 13.7. The normalized spacial score (nSPS) is 18.5. The smallest absolute Gasteiger partial charge is 0.255 e. The molecule has 3 heterocycles. The first-order valence-corrected chi connectivity index (χ1v) is 10.5. The molecule has 1 unspecified atom stereocenters. The van der Waals surface area contributed by atoms with Gasteiger partial charge in [0.25, 0.3) is 5.91 Å². The van der Waals surface area contributed by atoms with Crippen LogP contribution < -0.4 is 17.4 Å². The van der Waals surface area contributed by atoms with Crippen LogP contribution in [0.4, 0.5) is 10.2 Å². The van der Waals surface area contributed by atoms with Crippen LogP contribution in [0.3, 0.4) is 0 Å². The molecule has 6 N–H and O–H groups in total. The van der Waals surface area contributed by atoms with Gasteiger partial charge in [0, 0.05) is 31.7 Å². The molecule has 9 nitrogen and oxygen atoms in total. The Morgan fingerprint density at radius 2 is 2.18 bits per heavy atom. The van der Waals surface area contributed by atoms with Crippen LogP contribution in [0.25, 0.3) is 5.57 Å². The highest BCUT2D eigenvalue weighted by atomic mass is 19.1. The lowest BCUT2D eigenvalue weighted by Gasteiger charge is -2.29. The predicted octanol–water partition coefficient (Wildman–Crippen LogP) is 1.97. The number of carbonyl (C=O) groups excluding carboxylic acids is 1. The van der Waals surface area contributed by atoms with E-state index in [1.165, 1.54) is 17.2 Å². The van der Waals surface area contributed by atoms with Crippen molar-refractivity contribution in [3.8, 4) is 0 Å². The molecule has 2 aromatic rings. The number of hydrogen-bond acceptors (Lipinski definition) is 7. The molecule has 4 rings (SSSR count). The lowest BCUT2D eigenvalue weighted by molar-refractivity contribution is 0.0772. The Hall–Kier alpha value is -4.05. The average Bonchev–Trinajstić information content (AvgIpc) is 2.85. The zero-order chi connectivity index (χ0) is 23.4. The third kappa shape index (κ3) is 4.75. The summed E-state index contributed by atoms with van der Waals surface area (Å²) < 4.78 is 13.7. The fraction of sp³-hybridized carbons (Fsp3) is 0.217. The van der Waals surface area contributed by atoms with Crippen molar-refractivity contribution in [2.24, 2.45) is 16.8 Å². The molecule has 0 fully saturated rings. The van der Waals surface area contributed by atoms with Gasteiger partial charge in [-0.15, -0.1) is 0 Å². The molecule has 2 aliphatic rings. The quantitative estimate of drug-likeness (QED) is 0.281. The van der Waals surface area contributed by atoms with Gasteiger partial charge in [0.2, 0.25) is 0 Å². The number of amidine groups is 1. The summed E-state index contributed by atoms with van der Waals surface area (Å²) in [6.45, 7) is 1.01. The lowest BCUT2D eigenvalue weighted by atomic mass is 9.98. The number of allylic oxidation sites excluding steroid dienone is 2. The summed E-state index contributed by atoms with van der Waals surface area (Å²) in [7, 11) is 0. The first kappa shape index (κ1) is 22.2. The summed E-state index contributed by atoms with van der Waals surface area (Å²) in [6.07, 6.45) is 12.5. The minimum atomic E-state index is -0.457. The minimum absolute atomic E-state index is 0.0623. The predicted molar refractivity (Wildman–Crippen MR) is 125 cm³/mol. The first-order valence-electron chi connectivity index (χ1n) is 10.5. The largest absolute Gasteiger partial charge is 0.383 e. The Kier molecular flexibility index (Phi) is 6.45. The van der Waals surface area contributed by atoms with Crippen LogP contribution in [-0.2, 0) is 0 Å². The van der Waals surface area contributed by atoms with Crippen molar-refractivity contribution in [3.05, 3.63) is 83.6 Å². The number of nitrogen functional groups attached to an aromatic ring is 1. The number of carbonyl (C=O) groups is 1. The Bertz CT molecular complexity index is 1160. The van der Waals surface area contributed by atoms with Gasteiger partial charge in [-0.3, -0.25) is 14.8 Å². The van der Waals surface area contributed by atoms with Crippen LogP contribution in [0.15, 0.2) is 72.0 Å². The molecule has 170 valence electrons. The number of halogens is 1. The SMILES string of the molecule is N/N=C(/c1cc(C2=CCN(C(=O)c3cccnc3)CC2)cnc1N)N(N)C1C=C(F)C=CC1. The third-order valence-corrected chi connectivity index (χ3v) is 5.67. The summed E-state index contributed by atoms with van der Waals surface area (Å²) in [4.78, 5) is 22.7. The number of hydrazine groups is 1. The number of aromatic nitrogens is 2. The molecule has 1 aliphatic carbocycles. The summed E-state index contributed by atoms with van der Waals surface area (Å²) >= 11 is 0. The molecule has 10 heteroatoms. The van der Waals surface area contributed by atoms with Crippen LogP contribution in [0.2, 0.25) is 0 Å². The van der Waals surface area contributed by atoms with Gasteiger partial charge in [-0.25, -0.2) is 15.2 Å². The number of pyridine rings is 2. The standard InChI is InChI=1S/C23H25FN8O/c24-18-4-1-5-19(12-18)32(27)22(30-26)20-11-17(14-29-21(20)25)15-6-9-31(10-7-15)23(33)16-3-2-8-28-13-16/h1-4,6,8,11-14,19H,5,7,9-10,26-27H2,(H2,25,29)/b30-22-. The molecule has 0 saturated heterocycles.